The monoisotopic (exact) mass is 250 g/mol. The highest BCUT2D eigenvalue weighted by molar-refractivity contribution is 5.96. The summed E-state index contributed by atoms with van der Waals surface area (Å²) in [7, 11) is 0. The Labute approximate surface area is 108 Å². The van der Waals surface area contributed by atoms with Crippen molar-refractivity contribution in [2.75, 3.05) is 11.9 Å². The maximum Gasteiger partial charge on any atom is 0.231 e. The van der Waals surface area contributed by atoms with Gasteiger partial charge in [0.05, 0.1) is 11.1 Å². The molecule has 18 heavy (non-hydrogen) atoms. The summed E-state index contributed by atoms with van der Waals surface area (Å²) in [6.07, 6.45) is 1.36. The molecule has 0 spiro atoms. The SMILES string of the molecule is CCC(CC)(CN)C(=O)Nc1cccc(C)c1O. The lowest BCUT2D eigenvalue weighted by Crippen LogP contribution is -2.41. The molecule has 0 atom stereocenters. The molecule has 1 aromatic carbocycles. The molecule has 0 fully saturated rings. The third-order valence-corrected chi connectivity index (χ3v) is 3.71. The molecule has 1 amide bonds. The molecule has 0 saturated carbocycles. The normalized spacial score (nSPS) is 11.3. The van der Waals surface area contributed by atoms with Crippen molar-refractivity contribution >= 4 is 11.6 Å². The van der Waals surface area contributed by atoms with E-state index in [2.05, 4.69) is 5.32 Å². The number of hydrogen-bond donors (Lipinski definition) is 3. The van der Waals surface area contributed by atoms with Gasteiger partial charge in [-0.15, -0.1) is 0 Å². The summed E-state index contributed by atoms with van der Waals surface area (Å²) < 4.78 is 0. The number of carbonyl (C=O) groups is 1. The molecule has 0 radical (unpaired) electrons. The molecule has 0 aliphatic carbocycles. The van der Waals surface area contributed by atoms with Gasteiger partial charge in [-0.05, 0) is 31.4 Å². The summed E-state index contributed by atoms with van der Waals surface area (Å²) in [4.78, 5) is 12.3. The van der Waals surface area contributed by atoms with Crippen LogP contribution in [0.2, 0.25) is 0 Å². The first-order valence-electron chi connectivity index (χ1n) is 6.30. The summed E-state index contributed by atoms with van der Waals surface area (Å²) in [5.41, 5.74) is 6.35. The van der Waals surface area contributed by atoms with Crippen LogP contribution in [0.1, 0.15) is 32.3 Å². The zero-order chi connectivity index (χ0) is 13.8. The number of nitrogens with two attached hydrogens (primary N) is 1. The van der Waals surface area contributed by atoms with E-state index in [0.717, 1.165) is 5.56 Å². The van der Waals surface area contributed by atoms with Crippen LogP contribution in [0, 0.1) is 12.3 Å². The van der Waals surface area contributed by atoms with Gasteiger partial charge in [0.25, 0.3) is 0 Å². The Balaban J connectivity index is 2.97. The lowest BCUT2D eigenvalue weighted by atomic mass is 9.81. The molecule has 0 bridgehead atoms. The van der Waals surface area contributed by atoms with Crippen molar-refractivity contribution in [3.05, 3.63) is 23.8 Å². The predicted molar refractivity (Wildman–Crippen MR) is 73.5 cm³/mol. The van der Waals surface area contributed by atoms with E-state index in [1.807, 2.05) is 13.8 Å². The van der Waals surface area contributed by atoms with Gasteiger partial charge in [-0.1, -0.05) is 26.0 Å². The number of aromatic hydroxyl groups is 1. The first-order valence-corrected chi connectivity index (χ1v) is 6.30. The van der Waals surface area contributed by atoms with Crippen LogP contribution in [0.3, 0.4) is 0 Å². The zero-order valence-corrected chi connectivity index (χ0v) is 11.3. The Bertz CT molecular complexity index is 418. The third-order valence-electron chi connectivity index (χ3n) is 3.71. The first kappa shape index (κ1) is 14.5. The lowest BCUT2D eigenvalue weighted by molar-refractivity contribution is -0.125. The summed E-state index contributed by atoms with van der Waals surface area (Å²) in [6, 6.07) is 5.28. The predicted octanol–water partition coefficient (Wildman–Crippen LogP) is 2.40. The summed E-state index contributed by atoms with van der Waals surface area (Å²) in [5.74, 6) is -0.0140. The van der Waals surface area contributed by atoms with Crippen LogP contribution < -0.4 is 11.1 Å². The van der Waals surface area contributed by atoms with Gasteiger partial charge in [-0.25, -0.2) is 0 Å². The topological polar surface area (TPSA) is 75.4 Å². The number of phenols is 1. The van der Waals surface area contributed by atoms with Crippen molar-refractivity contribution in [2.45, 2.75) is 33.6 Å². The van der Waals surface area contributed by atoms with E-state index >= 15 is 0 Å². The Morgan fingerprint density at radius 1 is 1.39 bits per heavy atom. The van der Waals surface area contributed by atoms with E-state index in [-0.39, 0.29) is 11.7 Å². The van der Waals surface area contributed by atoms with Crippen LogP contribution >= 0.6 is 0 Å². The number of aryl methyl sites for hydroxylation is 1. The molecule has 0 aromatic heterocycles. The largest absolute Gasteiger partial charge is 0.505 e. The second-order valence-corrected chi connectivity index (χ2v) is 4.62. The van der Waals surface area contributed by atoms with Gasteiger partial charge in [-0.2, -0.15) is 0 Å². The summed E-state index contributed by atoms with van der Waals surface area (Å²) in [5, 5.41) is 12.7. The van der Waals surface area contributed by atoms with E-state index in [4.69, 9.17) is 5.73 Å². The van der Waals surface area contributed by atoms with Crippen LogP contribution in [-0.4, -0.2) is 17.6 Å². The van der Waals surface area contributed by atoms with Gasteiger partial charge >= 0.3 is 0 Å². The Morgan fingerprint density at radius 2 is 2.00 bits per heavy atom. The number of benzene rings is 1. The molecule has 0 aliphatic heterocycles. The van der Waals surface area contributed by atoms with Crippen molar-refractivity contribution < 1.29 is 9.90 Å². The van der Waals surface area contributed by atoms with Gasteiger partial charge in [0.15, 0.2) is 0 Å². The number of nitrogens with one attached hydrogen (secondary N) is 1. The standard InChI is InChI=1S/C14H22N2O2/c1-4-14(5-2,9-15)13(18)16-11-8-6-7-10(3)12(11)17/h6-8,17H,4-5,9,15H2,1-3H3,(H,16,18). The van der Waals surface area contributed by atoms with Crippen molar-refractivity contribution in [1.82, 2.24) is 0 Å². The molecule has 0 aliphatic rings. The molecule has 4 N–H and O–H groups in total. The van der Waals surface area contributed by atoms with Crippen LogP contribution in [0.5, 0.6) is 5.75 Å². The third kappa shape index (κ3) is 2.64. The number of hydrogen-bond acceptors (Lipinski definition) is 3. The first-order chi connectivity index (χ1) is 8.50. The molecule has 1 aromatic rings. The van der Waals surface area contributed by atoms with Gasteiger partial charge in [0.1, 0.15) is 5.75 Å². The number of amides is 1. The van der Waals surface area contributed by atoms with E-state index in [9.17, 15) is 9.90 Å². The highest BCUT2D eigenvalue weighted by atomic mass is 16.3. The van der Waals surface area contributed by atoms with Crippen LogP contribution in [0.4, 0.5) is 5.69 Å². The fraction of sp³-hybridized carbons (Fsp3) is 0.500. The Kier molecular flexibility index (Phi) is 4.73. The average molecular weight is 250 g/mol. The minimum absolute atomic E-state index is 0.115. The molecular formula is C14H22N2O2. The smallest absolute Gasteiger partial charge is 0.231 e. The summed E-state index contributed by atoms with van der Waals surface area (Å²) >= 11 is 0. The zero-order valence-electron chi connectivity index (χ0n) is 11.3. The maximum atomic E-state index is 12.3. The molecule has 0 saturated heterocycles. The second kappa shape index (κ2) is 5.87. The fourth-order valence-corrected chi connectivity index (χ4v) is 1.97. The fourth-order valence-electron chi connectivity index (χ4n) is 1.97. The lowest BCUT2D eigenvalue weighted by Gasteiger charge is -2.28. The van der Waals surface area contributed by atoms with Crippen molar-refractivity contribution in [1.29, 1.82) is 0 Å². The van der Waals surface area contributed by atoms with E-state index in [1.165, 1.54) is 0 Å². The number of phenolic OH excluding ortho intramolecular Hbond substituents is 1. The van der Waals surface area contributed by atoms with Gasteiger partial charge in [0.2, 0.25) is 5.91 Å². The van der Waals surface area contributed by atoms with Crippen molar-refractivity contribution in [3.8, 4) is 5.75 Å². The minimum atomic E-state index is -0.559. The van der Waals surface area contributed by atoms with E-state index in [0.29, 0.717) is 25.1 Å². The van der Waals surface area contributed by atoms with Crippen LogP contribution in [-0.2, 0) is 4.79 Å². The molecule has 4 heteroatoms. The Morgan fingerprint density at radius 3 is 2.50 bits per heavy atom. The number of para-hydroxylation sites is 1. The molecule has 0 heterocycles. The quantitative estimate of drug-likeness (QED) is 0.702. The van der Waals surface area contributed by atoms with Gasteiger partial charge in [0, 0.05) is 6.54 Å². The summed E-state index contributed by atoms with van der Waals surface area (Å²) in [6.45, 7) is 6.00. The molecule has 1 rings (SSSR count). The highest BCUT2D eigenvalue weighted by Gasteiger charge is 2.33. The van der Waals surface area contributed by atoms with Gasteiger partial charge < -0.3 is 16.2 Å². The molecule has 4 nitrogen and oxygen atoms in total. The highest BCUT2D eigenvalue weighted by Crippen LogP contribution is 2.31. The average Bonchev–Trinajstić information content (AvgIpc) is 2.38. The van der Waals surface area contributed by atoms with Crippen LogP contribution in [0.25, 0.3) is 0 Å². The minimum Gasteiger partial charge on any atom is -0.505 e. The van der Waals surface area contributed by atoms with Crippen molar-refractivity contribution in [3.63, 3.8) is 0 Å². The molecular weight excluding hydrogens is 228 g/mol. The second-order valence-electron chi connectivity index (χ2n) is 4.62. The number of anilines is 1. The molecule has 100 valence electrons. The number of rotatable bonds is 5. The number of carbonyl (C=O) groups excluding carboxylic acids is 1. The van der Waals surface area contributed by atoms with E-state index < -0.39 is 5.41 Å². The maximum absolute atomic E-state index is 12.3. The van der Waals surface area contributed by atoms with E-state index in [1.54, 1.807) is 25.1 Å². The Hall–Kier alpha value is -1.55. The molecule has 0 unspecified atom stereocenters. The van der Waals surface area contributed by atoms with Crippen molar-refractivity contribution in [2.24, 2.45) is 11.1 Å². The van der Waals surface area contributed by atoms with Crippen LogP contribution in [0.15, 0.2) is 18.2 Å². The van der Waals surface area contributed by atoms with Gasteiger partial charge in [-0.3, -0.25) is 4.79 Å².